The number of pyridine rings is 3. The van der Waals surface area contributed by atoms with Crippen LogP contribution >= 0.6 is 0 Å². The highest BCUT2D eigenvalue weighted by atomic mass is 32.2. The lowest BCUT2D eigenvalue weighted by atomic mass is 10.00. The first-order chi connectivity index (χ1) is 18.3. The molecule has 0 saturated carbocycles. The lowest BCUT2D eigenvalue weighted by Crippen LogP contribution is -2.31. The summed E-state index contributed by atoms with van der Waals surface area (Å²) in [5.74, 6) is -0.169. The highest BCUT2D eigenvalue weighted by Gasteiger charge is 2.24. The van der Waals surface area contributed by atoms with Gasteiger partial charge in [0, 0.05) is 18.5 Å². The second-order valence-corrected chi connectivity index (χ2v) is 9.91. The molecule has 1 atom stereocenters. The van der Waals surface area contributed by atoms with E-state index >= 15 is 0 Å². The quantitative estimate of drug-likeness (QED) is 0.248. The van der Waals surface area contributed by atoms with Crippen LogP contribution in [0.5, 0.6) is 5.88 Å². The molecule has 3 heterocycles. The third-order valence-corrected chi connectivity index (χ3v) is 6.90. The predicted molar refractivity (Wildman–Crippen MR) is 142 cm³/mol. The SMILES string of the molecule is CCOc1cc(-c2ccc(CC(NS(=O)(=O)c3ccccn3)c3cccc(NCC(=O)O)n3)cc2)ccn1. The number of carboxylic acids is 1. The molecule has 0 radical (unpaired) electrons. The molecule has 0 spiro atoms. The molecule has 38 heavy (non-hydrogen) atoms. The summed E-state index contributed by atoms with van der Waals surface area (Å²) in [6.45, 7) is 2.10. The molecular weight excluding hydrogens is 506 g/mol. The Morgan fingerprint density at radius 2 is 1.79 bits per heavy atom. The van der Waals surface area contributed by atoms with Crippen molar-refractivity contribution in [3.8, 4) is 17.0 Å². The molecular formula is C27H27N5O5S. The Morgan fingerprint density at radius 3 is 2.50 bits per heavy atom. The number of nitrogens with zero attached hydrogens (tertiary/aromatic N) is 3. The normalized spacial score (nSPS) is 12.0. The highest BCUT2D eigenvalue weighted by Crippen LogP contribution is 2.25. The molecule has 0 aliphatic carbocycles. The summed E-state index contributed by atoms with van der Waals surface area (Å²) in [5.41, 5.74) is 3.20. The molecule has 0 fully saturated rings. The Kier molecular flexibility index (Phi) is 8.62. The van der Waals surface area contributed by atoms with E-state index in [2.05, 4.69) is 25.0 Å². The molecule has 3 aromatic heterocycles. The number of carbonyl (C=O) groups is 1. The minimum Gasteiger partial charge on any atom is -0.480 e. The van der Waals surface area contributed by atoms with E-state index in [-0.39, 0.29) is 11.6 Å². The summed E-state index contributed by atoms with van der Waals surface area (Å²) in [4.78, 5) is 23.6. The van der Waals surface area contributed by atoms with Gasteiger partial charge in [-0.3, -0.25) is 4.79 Å². The van der Waals surface area contributed by atoms with Gasteiger partial charge in [0.2, 0.25) is 5.88 Å². The van der Waals surface area contributed by atoms with Crippen LogP contribution in [-0.4, -0.2) is 47.6 Å². The lowest BCUT2D eigenvalue weighted by molar-refractivity contribution is -0.134. The summed E-state index contributed by atoms with van der Waals surface area (Å²) >= 11 is 0. The van der Waals surface area contributed by atoms with Gasteiger partial charge in [0.1, 0.15) is 12.4 Å². The number of aliphatic carboxylic acids is 1. The van der Waals surface area contributed by atoms with Crippen LogP contribution in [0.15, 0.2) is 90.2 Å². The highest BCUT2D eigenvalue weighted by molar-refractivity contribution is 7.89. The number of benzene rings is 1. The first-order valence-corrected chi connectivity index (χ1v) is 13.4. The van der Waals surface area contributed by atoms with Crippen molar-refractivity contribution in [2.45, 2.75) is 24.4 Å². The van der Waals surface area contributed by atoms with E-state index in [4.69, 9.17) is 9.84 Å². The van der Waals surface area contributed by atoms with Crippen LogP contribution in [0.4, 0.5) is 5.82 Å². The van der Waals surface area contributed by atoms with Gasteiger partial charge in [0.05, 0.1) is 18.3 Å². The predicted octanol–water partition coefficient (Wildman–Crippen LogP) is 3.70. The number of anilines is 1. The number of rotatable bonds is 12. The van der Waals surface area contributed by atoms with Crippen molar-refractivity contribution in [3.05, 3.63) is 96.4 Å². The van der Waals surface area contributed by atoms with Crippen LogP contribution in [0.3, 0.4) is 0 Å². The van der Waals surface area contributed by atoms with Gasteiger partial charge in [0.15, 0.2) is 5.03 Å². The third kappa shape index (κ3) is 7.11. The van der Waals surface area contributed by atoms with E-state index in [1.54, 1.807) is 36.5 Å². The maximum atomic E-state index is 13.1. The summed E-state index contributed by atoms with van der Waals surface area (Å²) in [6.07, 6.45) is 3.39. The van der Waals surface area contributed by atoms with Crippen LogP contribution in [0.25, 0.3) is 11.1 Å². The molecule has 0 amide bonds. The fraction of sp³-hybridized carbons (Fsp3) is 0.185. The number of nitrogens with one attached hydrogen (secondary N) is 2. The van der Waals surface area contributed by atoms with Gasteiger partial charge in [-0.1, -0.05) is 36.4 Å². The van der Waals surface area contributed by atoms with Gasteiger partial charge in [-0.2, -0.15) is 0 Å². The number of aromatic nitrogens is 3. The maximum absolute atomic E-state index is 13.1. The van der Waals surface area contributed by atoms with Crippen molar-refractivity contribution in [1.82, 2.24) is 19.7 Å². The number of hydrogen-bond acceptors (Lipinski definition) is 8. The topological polar surface area (TPSA) is 143 Å². The molecule has 0 aliphatic rings. The standard InChI is InChI=1S/C27H27N5O5S/c1-2-37-25-17-21(13-15-28-25)20-11-9-19(10-12-20)16-23(32-38(35,36)26-8-3-4-14-29-26)22-6-5-7-24(31-22)30-18-27(33)34/h3-15,17,23,32H,2,16,18H2,1H3,(H,30,31)(H,33,34). The zero-order valence-corrected chi connectivity index (χ0v) is 21.4. The smallest absolute Gasteiger partial charge is 0.322 e. The summed E-state index contributed by atoms with van der Waals surface area (Å²) in [6, 6.07) is 20.4. The molecule has 0 saturated heterocycles. The van der Waals surface area contributed by atoms with Gasteiger partial charge < -0.3 is 15.2 Å². The van der Waals surface area contributed by atoms with E-state index in [0.717, 1.165) is 16.7 Å². The molecule has 0 bridgehead atoms. The number of hydrogen-bond donors (Lipinski definition) is 3. The fourth-order valence-corrected chi connectivity index (χ4v) is 4.91. The Hall–Kier alpha value is -4.35. The van der Waals surface area contributed by atoms with E-state index in [1.807, 2.05) is 43.3 Å². The Labute approximate surface area is 220 Å². The minimum absolute atomic E-state index is 0.108. The van der Waals surface area contributed by atoms with Gasteiger partial charge in [-0.25, -0.2) is 28.1 Å². The lowest BCUT2D eigenvalue weighted by Gasteiger charge is -2.19. The third-order valence-electron chi connectivity index (χ3n) is 5.51. The van der Waals surface area contributed by atoms with Crippen molar-refractivity contribution in [1.29, 1.82) is 0 Å². The summed E-state index contributed by atoms with van der Waals surface area (Å²) in [5, 5.41) is 11.6. The molecule has 3 N–H and O–H groups in total. The van der Waals surface area contributed by atoms with Crippen molar-refractivity contribution >= 4 is 21.8 Å². The first kappa shape index (κ1) is 26.7. The van der Waals surface area contributed by atoms with Gasteiger partial charge in [0.25, 0.3) is 10.0 Å². The molecule has 0 aliphatic heterocycles. The molecule has 11 heteroatoms. The Balaban J connectivity index is 1.61. The van der Waals surface area contributed by atoms with E-state index < -0.39 is 22.0 Å². The fourth-order valence-electron chi connectivity index (χ4n) is 3.76. The monoisotopic (exact) mass is 533 g/mol. The van der Waals surface area contributed by atoms with E-state index in [1.165, 1.54) is 12.3 Å². The molecule has 4 rings (SSSR count). The number of ether oxygens (including phenoxy) is 1. The van der Waals surface area contributed by atoms with Crippen molar-refractivity contribution in [3.63, 3.8) is 0 Å². The molecule has 196 valence electrons. The van der Waals surface area contributed by atoms with Crippen molar-refractivity contribution in [2.75, 3.05) is 18.5 Å². The molecule has 1 unspecified atom stereocenters. The van der Waals surface area contributed by atoms with Gasteiger partial charge in [-0.05, 0) is 60.4 Å². The number of carboxylic acid groups (broad SMARTS) is 1. The molecule has 1 aromatic carbocycles. The van der Waals surface area contributed by atoms with Gasteiger partial charge >= 0.3 is 5.97 Å². The maximum Gasteiger partial charge on any atom is 0.322 e. The Morgan fingerprint density at radius 1 is 0.974 bits per heavy atom. The average Bonchev–Trinajstić information content (AvgIpc) is 2.93. The van der Waals surface area contributed by atoms with Crippen LogP contribution < -0.4 is 14.8 Å². The Bertz CT molecular complexity index is 1480. The van der Waals surface area contributed by atoms with Crippen molar-refractivity contribution < 1.29 is 23.1 Å². The van der Waals surface area contributed by atoms with Crippen LogP contribution in [0, 0.1) is 0 Å². The average molecular weight is 534 g/mol. The minimum atomic E-state index is -3.96. The molecule has 10 nitrogen and oxygen atoms in total. The van der Waals surface area contributed by atoms with Gasteiger partial charge in [-0.15, -0.1) is 0 Å². The zero-order chi connectivity index (χ0) is 27.0. The van der Waals surface area contributed by atoms with E-state index in [9.17, 15) is 13.2 Å². The van der Waals surface area contributed by atoms with E-state index in [0.29, 0.717) is 30.4 Å². The first-order valence-electron chi connectivity index (χ1n) is 11.9. The largest absolute Gasteiger partial charge is 0.480 e. The van der Waals surface area contributed by atoms with Crippen LogP contribution in [0.1, 0.15) is 24.2 Å². The second kappa shape index (κ2) is 12.3. The van der Waals surface area contributed by atoms with Crippen LogP contribution in [-0.2, 0) is 21.2 Å². The summed E-state index contributed by atoms with van der Waals surface area (Å²) in [7, 11) is -3.96. The summed E-state index contributed by atoms with van der Waals surface area (Å²) < 4.78 is 34.4. The number of sulfonamides is 1. The van der Waals surface area contributed by atoms with Crippen LogP contribution in [0.2, 0.25) is 0 Å². The second-order valence-electron chi connectivity index (χ2n) is 8.25. The molecule has 4 aromatic rings. The zero-order valence-electron chi connectivity index (χ0n) is 20.6. The van der Waals surface area contributed by atoms with Crippen molar-refractivity contribution in [2.24, 2.45) is 0 Å².